The number of carbonyl (C=O) groups excluding carboxylic acids is 3. The van der Waals surface area contributed by atoms with Crippen LogP contribution in [0.15, 0.2) is 46.7 Å². The molecule has 3 rings (SSSR count). The molecular formula is C29H35ClN4O10. The normalized spacial score (nSPS) is 15.2. The molecule has 0 bridgehead atoms. The van der Waals surface area contributed by atoms with Crippen molar-refractivity contribution in [3.05, 3.63) is 57.8 Å². The van der Waals surface area contributed by atoms with Crippen molar-refractivity contribution >= 4 is 35.8 Å². The first-order chi connectivity index (χ1) is 21.1. The standard InChI is InChI=1S/C29H35ClN4O10/c1-6-41-21-12-18(26-25(28(37)40-5)16(3)32-29(38)33-26)8-9-20(21)43-14-23(35)34-31-13-17-10-19(30)27(22(11-17)42-7-2)44-15-24(36)39-4/h8-13,23,26,34-35H,6-7,14-15H2,1-5H3,(H2,32,33,38)/b31-13-/t23-,26-/m0/s1. The van der Waals surface area contributed by atoms with Crippen molar-refractivity contribution in [2.24, 2.45) is 5.10 Å². The zero-order chi connectivity index (χ0) is 32.2. The second-order valence-electron chi connectivity index (χ2n) is 9.04. The van der Waals surface area contributed by atoms with Crippen LogP contribution < -0.4 is 35.0 Å². The number of benzene rings is 2. The number of allylic oxidation sites excluding steroid dienone is 1. The highest BCUT2D eigenvalue weighted by atomic mass is 35.5. The molecule has 0 fully saturated rings. The number of aliphatic hydroxyl groups is 1. The van der Waals surface area contributed by atoms with E-state index in [0.717, 1.165) is 0 Å². The number of hydrogen-bond donors (Lipinski definition) is 4. The van der Waals surface area contributed by atoms with E-state index in [1.165, 1.54) is 20.4 Å². The Hall–Kier alpha value is -4.69. The molecule has 4 N–H and O–H groups in total. The van der Waals surface area contributed by atoms with Gasteiger partial charge in [0.2, 0.25) is 0 Å². The monoisotopic (exact) mass is 634 g/mol. The smallest absolute Gasteiger partial charge is 0.343 e. The number of amides is 2. The Kier molecular flexibility index (Phi) is 12.5. The van der Waals surface area contributed by atoms with Crippen molar-refractivity contribution in [2.75, 3.05) is 40.6 Å². The van der Waals surface area contributed by atoms with Gasteiger partial charge in [-0.05, 0) is 56.2 Å². The Bertz CT molecular complexity index is 1410. The van der Waals surface area contributed by atoms with Crippen LogP contribution in [0.5, 0.6) is 23.0 Å². The maximum Gasteiger partial charge on any atom is 0.343 e. The molecule has 2 aromatic carbocycles. The van der Waals surface area contributed by atoms with Gasteiger partial charge in [0.15, 0.2) is 35.8 Å². The van der Waals surface area contributed by atoms with Gasteiger partial charge in [0.1, 0.15) is 6.61 Å². The summed E-state index contributed by atoms with van der Waals surface area (Å²) < 4.78 is 32.0. The molecule has 14 nitrogen and oxygen atoms in total. The van der Waals surface area contributed by atoms with Crippen LogP contribution in [0.2, 0.25) is 5.02 Å². The molecule has 44 heavy (non-hydrogen) atoms. The first kappa shape index (κ1) is 33.8. The summed E-state index contributed by atoms with van der Waals surface area (Å²) in [5.41, 5.74) is 4.26. The predicted octanol–water partition coefficient (Wildman–Crippen LogP) is 2.81. The van der Waals surface area contributed by atoms with Crippen molar-refractivity contribution in [1.82, 2.24) is 16.1 Å². The van der Waals surface area contributed by atoms with E-state index in [0.29, 0.717) is 47.3 Å². The molecule has 0 unspecified atom stereocenters. The minimum atomic E-state index is -1.22. The number of ether oxygens (including phenoxy) is 6. The van der Waals surface area contributed by atoms with Gasteiger partial charge in [0.05, 0.1) is 50.3 Å². The van der Waals surface area contributed by atoms with Crippen LogP contribution in [-0.4, -0.2) is 76.2 Å². The van der Waals surface area contributed by atoms with Crippen molar-refractivity contribution in [3.63, 3.8) is 0 Å². The zero-order valence-electron chi connectivity index (χ0n) is 24.9. The van der Waals surface area contributed by atoms with Crippen LogP contribution in [0.1, 0.15) is 37.9 Å². The third-order valence-corrected chi connectivity index (χ3v) is 6.28. The summed E-state index contributed by atoms with van der Waals surface area (Å²) in [7, 11) is 2.51. The molecule has 0 radical (unpaired) electrons. The van der Waals surface area contributed by atoms with Crippen molar-refractivity contribution < 1.29 is 47.9 Å². The van der Waals surface area contributed by atoms with Gasteiger partial charge in [-0.25, -0.2) is 14.4 Å². The number of hydrazone groups is 1. The molecule has 2 atom stereocenters. The average molecular weight is 635 g/mol. The van der Waals surface area contributed by atoms with Crippen LogP contribution in [0.4, 0.5) is 4.79 Å². The van der Waals surface area contributed by atoms with Crippen molar-refractivity contribution in [3.8, 4) is 23.0 Å². The zero-order valence-corrected chi connectivity index (χ0v) is 25.6. The number of nitrogens with one attached hydrogen (secondary N) is 3. The molecule has 0 aliphatic carbocycles. The number of methoxy groups -OCH3 is 2. The number of rotatable bonds is 15. The van der Waals surface area contributed by atoms with Gasteiger partial charge in [-0.3, -0.25) is 5.43 Å². The van der Waals surface area contributed by atoms with Gasteiger partial charge >= 0.3 is 18.0 Å². The number of esters is 2. The van der Waals surface area contributed by atoms with Crippen LogP contribution >= 0.6 is 11.6 Å². The quantitative estimate of drug-likeness (QED) is 0.0981. The lowest BCUT2D eigenvalue weighted by Crippen LogP contribution is -2.45. The second-order valence-corrected chi connectivity index (χ2v) is 9.45. The Morgan fingerprint density at radius 2 is 1.77 bits per heavy atom. The lowest BCUT2D eigenvalue weighted by molar-refractivity contribution is -0.143. The summed E-state index contributed by atoms with van der Waals surface area (Å²) in [5, 5.41) is 19.9. The Morgan fingerprint density at radius 3 is 2.45 bits per heavy atom. The molecule has 1 heterocycles. The molecule has 0 aromatic heterocycles. The van der Waals surface area contributed by atoms with E-state index in [4.69, 9.17) is 35.3 Å². The molecular weight excluding hydrogens is 600 g/mol. The molecule has 15 heteroatoms. The average Bonchev–Trinajstić information content (AvgIpc) is 2.99. The minimum Gasteiger partial charge on any atom is -0.490 e. The van der Waals surface area contributed by atoms with Gasteiger partial charge in [-0.15, -0.1) is 0 Å². The summed E-state index contributed by atoms with van der Waals surface area (Å²) in [6.45, 7) is 5.26. The SMILES string of the molecule is CCOc1cc([C@@H]2NC(=O)NC(C)=C2C(=O)OC)ccc1OC[C@H](O)N/N=C\c1cc(Cl)c(OCC(=O)OC)c(OCC)c1. The highest BCUT2D eigenvalue weighted by Gasteiger charge is 2.32. The summed E-state index contributed by atoms with van der Waals surface area (Å²) in [6, 6.07) is 6.83. The molecule has 1 aliphatic heterocycles. The van der Waals surface area contributed by atoms with E-state index in [1.807, 2.05) is 0 Å². The number of aliphatic hydroxyl groups excluding tert-OH is 1. The fraction of sp³-hybridized carbons (Fsp3) is 0.379. The maximum atomic E-state index is 12.4. The van der Waals surface area contributed by atoms with E-state index in [2.05, 4.69) is 25.9 Å². The highest BCUT2D eigenvalue weighted by Crippen LogP contribution is 2.37. The third-order valence-electron chi connectivity index (χ3n) is 6.00. The van der Waals surface area contributed by atoms with Gasteiger partial charge in [-0.2, -0.15) is 5.10 Å². The number of hydrogen-bond acceptors (Lipinski definition) is 12. The van der Waals surface area contributed by atoms with Gasteiger partial charge in [0, 0.05) is 5.70 Å². The van der Waals surface area contributed by atoms with Crippen molar-refractivity contribution in [2.45, 2.75) is 33.0 Å². The summed E-state index contributed by atoms with van der Waals surface area (Å²) in [4.78, 5) is 36.0. The lowest BCUT2D eigenvalue weighted by atomic mass is 9.95. The summed E-state index contributed by atoms with van der Waals surface area (Å²) >= 11 is 6.33. The molecule has 0 saturated heterocycles. The first-order valence-corrected chi connectivity index (χ1v) is 13.9. The topological polar surface area (TPSA) is 175 Å². The van der Waals surface area contributed by atoms with Crippen LogP contribution in [0.3, 0.4) is 0 Å². The van der Waals surface area contributed by atoms with Gasteiger partial charge in [-0.1, -0.05) is 17.7 Å². The second kappa shape index (κ2) is 16.2. The van der Waals surface area contributed by atoms with E-state index in [9.17, 15) is 19.5 Å². The number of halogens is 1. The fourth-order valence-electron chi connectivity index (χ4n) is 4.08. The number of carbonyl (C=O) groups is 3. The van der Waals surface area contributed by atoms with Crippen LogP contribution in [0.25, 0.3) is 0 Å². The summed E-state index contributed by atoms with van der Waals surface area (Å²) in [6.07, 6.45) is 0.189. The molecule has 1 aliphatic rings. The highest BCUT2D eigenvalue weighted by molar-refractivity contribution is 6.32. The fourth-order valence-corrected chi connectivity index (χ4v) is 4.35. The predicted molar refractivity (Wildman–Crippen MR) is 159 cm³/mol. The van der Waals surface area contributed by atoms with E-state index < -0.39 is 30.2 Å². The van der Waals surface area contributed by atoms with E-state index in [1.54, 1.807) is 51.1 Å². The Balaban J connectivity index is 1.68. The minimum absolute atomic E-state index is 0.184. The maximum absolute atomic E-state index is 12.4. The first-order valence-electron chi connectivity index (χ1n) is 13.5. The van der Waals surface area contributed by atoms with Gasteiger partial charge < -0.3 is 44.2 Å². The molecule has 2 amide bonds. The van der Waals surface area contributed by atoms with Crippen LogP contribution in [-0.2, 0) is 19.1 Å². The van der Waals surface area contributed by atoms with E-state index in [-0.39, 0.29) is 29.6 Å². The van der Waals surface area contributed by atoms with E-state index >= 15 is 0 Å². The molecule has 2 aromatic rings. The molecule has 238 valence electrons. The van der Waals surface area contributed by atoms with Crippen LogP contribution in [0, 0.1) is 0 Å². The Labute approximate surface area is 259 Å². The van der Waals surface area contributed by atoms with Crippen molar-refractivity contribution in [1.29, 1.82) is 0 Å². The lowest BCUT2D eigenvalue weighted by Gasteiger charge is -2.28. The number of urea groups is 1. The third kappa shape index (κ3) is 8.91. The van der Waals surface area contributed by atoms with Gasteiger partial charge in [0.25, 0.3) is 0 Å². The summed E-state index contributed by atoms with van der Waals surface area (Å²) in [5.74, 6) is -0.0284. The number of nitrogens with zero attached hydrogens (tertiary/aromatic N) is 1. The molecule has 0 spiro atoms. The Morgan fingerprint density at radius 1 is 1.05 bits per heavy atom. The largest absolute Gasteiger partial charge is 0.490 e. The molecule has 0 saturated carbocycles.